The molecule has 0 aromatic carbocycles. The molecule has 1 aromatic heterocycles. The maximum atomic E-state index is 8.40. The van der Waals surface area contributed by atoms with E-state index >= 15 is 0 Å². The van der Waals surface area contributed by atoms with Crippen LogP contribution in [-0.4, -0.2) is 15.0 Å². The first-order valence-electron chi connectivity index (χ1n) is 3.14. The highest BCUT2D eigenvalue weighted by Gasteiger charge is 1.96. The lowest BCUT2D eigenvalue weighted by Crippen LogP contribution is -1.91. The molecular weight excluding hydrogens is 154 g/mol. The molecule has 1 aromatic rings. The Balaban J connectivity index is 2.97. The molecule has 0 unspecified atom stereocenters. The summed E-state index contributed by atoms with van der Waals surface area (Å²) in [5, 5.41) is 24.5. The summed E-state index contributed by atoms with van der Waals surface area (Å²) in [6.07, 6.45) is 2.86. The van der Waals surface area contributed by atoms with Crippen molar-refractivity contribution >= 4 is 6.08 Å². The molecule has 0 amide bonds. The topological polar surface area (TPSA) is 78.3 Å². The van der Waals surface area contributed by atoms with Crippen LogP contribution in [0.25, 0.3) is 6.08 Å². The molecular formula is C7H5N5. The fourth-order valence-electron chi connectivity index (χ4n) is 0.665. The number of aryl methyl sites for hydroxylation is 1. The van der Waals surface area contributed by atoms with Crippen molar-refractivity contribution in [1.29, 1.82) is 10.5 Å². The van der Waals surface area contributed by atoms with E-state index in [0.29, 0.717) is 5.69 Å². The molecule has 0 fully saturated rings. The molecule has 1 rings (SSSR count). The summed E-state index contributed by atoms with van der Waals surface area (Å²) >= 11 is 0. The molecule has 0 spiro atoms. The van der Waals surface area contributed by atoms with Crippen molar-refractivity contribution in [2.24, 2.45) is 7.05 Å². The Labute approximate surface area is 69.1 Å². The van der Waals surface area contributed by atoms with Crippen LogP contribution in [0.15, 0.2) is 11.8 Å². The number of nitrogens with zero attached hydrogens (tertiary/aromatic N) is 5. The van der Waals surface area contributed by atoms with Gasteiger partial charge in [0.25, 0.3) is 0 Å². The monoisotopic (exact) mass is 159 g/mol. The predicted molar refractivity (Wildman–Crippen MR) is 40.2 cm³/mol. The van der Waals surface area contributed by atoms with Crippen molar-refractivity contribution in [2.75, 3.05) is 0 Å². The van der Waals surface area contributed by atoms with Crippen molar-refractivity contribution in [3.8, 4) is 12.1 Å². The van der Waals surface area contributed by atoms with Crippen LogP contribution in [0, 0.1) is 22.7 Å². The molecule has 0 aliphatic heterocycles. The quantitative estimate of drug-likeness (QED) is 0.550. The second-order valence-corrected chi connectivity index (χ2v) is 2.04. The first-order chi connectivity index (χ1) is 5.76. The molecule has 5 nitrogen and oxygen atoms in total. The van der Waals surface area contributed by atoms with Crippen molar-refractivity contribution in [1.82, 2.24) is 15.0 Å². The Morgan fingerprint density at radius 3 is 2.67 bits per heavy atom. The zero-order valence-electron chi connectivity index (χ0n) is 6.39. The Morgan fingerprint density at radius 1 is 1.58 bits per heavy atom. The molecule has 1 heterocycles. The van der Waals surface area contributed by atoms with Crippen LogP contribution in [-0.2, 0) is 7.05 Å². The fourth-order valence-corrected chi connectivity index (χ4v) is 0.665. The lowest BCUT2D eigenvalue weighted by molar-refractivity contribution is 0.652. The van der Waals surface area contributed by atoms with E-state index < -0.39 is 0 Å². The molecule has 12 heavy (non-hydrogen) atoms. The Morgan fingerprint density at radius 2 is 2.25 bits per heavy atom. The van der Waals surface area contributed by atoms with Gasteiger partial charge in [0, 0.05) is 7.05 Å². The van der Waals surface area contributed by atoms with Gasteiger partial charge in [-0.1, -0.05) is 0 Å². The molecule has 0 saturated heterocycles. The normalized spacial score (nSPS) is 8.25. The Hall–Kier alpha value is -2.14. The fraction of sp³-hybridized carbons (Fsp3) is 0.143. The molecule has 0 aliphatic rings. The number of hydrogen-bond acceptors (Lipinski definition) is 4. The van der Waals surface area contributed by atoms with Crippen molar-refractivity contribution in [2.45, 2.75) is 0 Å². The van der Waals surface area contributed by atoms with Gasteiger partial charge in [-0.25, -0.2) is 0 Å². The predicted octanol–water partition coefficient (Wildman–Crippen LogP) is 0.246. The van der Waals surface area contributed by atoms with Crippen LogP contribution in [0.4, 0.5) is 0 Å². The van der Waals surface area contributed by atoms with Gasteiger partial charge in [0.15, 0.2) is 0 Å². The van der Waals surface area contributed by atoms with Crippen LogP contribution < -0.4 is 0 Å². The van der Waals surface area contributed by atoms with Crippen LogP contribution in [0.5, 0.6) is 0 Å². The van der Waals surface area contributed by atoms with Crippen LogP contribution >= 0.6 is 0 Å². The van der Waals surface area contributed by atoms with Crippen LogP contribution in [0.3, 0.4) is 0 Å². The van der Waals surface area contributed by atoms with E-state index in [1.54, 1.807) is 19.2 Å². The average molecular weight is 159 g/mol. The molecule has 58 valence electrons. The molecule has 0 aliphatic carbocycles. The minimum atomic E-state index is 0.0236. The molecule has 0 atom stereocenters. The van der Waals surface area contributed by atoms with Gasteiger partial charge in [0.05, 0.1) is 6.20 Å². The summed E-state index contributed by atoms with van der Waals surface area (Å²) in [7, 11) is 1.66. The van der Waals surface area contributed by atoms with E-state index in [9.17, 15) is 0 Å². The standard InChI is InChI=1S/C7H5N5/c1-12-10-5-7(11-12)2-6(3-8)4-9/h2,5H,1H3. The van der Waals surface area contributed by atoms with E-state index in [2.05, 4.69) is 10.2 Å². The molecule has 0 bridgehead atoms. The minimum absolute atomic E-state index is 0.0236. The van der Waals surface area contributed by atoms with E-state index in [-0.39, 0.29) is 5.57 Å². The van der Waals surface area contributed by atoms with E-state index in [1.807, 2.05) is 0 Å². The first kappa shape index (κ1) is 7.96. The van der Waals surface area contributed by atoms with Crippen molar-refractivity contribution in [3.63, 3.8) is 0 Å². The third-order valence-electron chi connectivity index (χ3n) is 1.15. The third-order valence-corrected chi connectivity index (χ3v) is 1.15. The highest BCUT2D eigenvalue weighted by molar-refractivity contribution is 5.58. The lowest BCUT2D eigenvalue weighted by atomic mass is 10.3. The summed E-state index contributed by atoms with van der Waals surface area (Å²) in [6.45, 7) is 0. The van der Waals surface area contributed by atoms with Gasteiger partial charge in [-0.3, -0.25) is 0 Å². The highest BCUT2D eigenvalue weighted by atomic mass is 15.4. The zero-order valence-corrected chi connectivity index (χ0v) is 6.39. The van der Waals surface area contributed by atoms with Gasteiger partial charge >= 0.3 is 0 Å². The molecule has 0 radical (unpaired) electrons. The number of aromatic nitrogens is 3. The summed E-state index contributed by atoms with van der Waals surface area (Å²) in [5.41, 5.74) is 0.533. The highest BCUT2D eigenvalue weighted by Crippen LogP contribution is 1.99. The molecule has 0 N–H and O–H groups in total. The van der Waals surface area contributed by atoms with Crippen molar-refractivity contribution in [3.05, 3.63) is 17.5 Å². The number of rotatable bonds is 1. The summed E-state index contributed by atoms with van der Waals surface area (Å²) in [4.78, 5) is 1.36. The van der Waals surface area contributed by atoms with Gasteiger partial charge in [-0.2, -0.15) is 25.5 Å². The van der Waals surface area contributed by atoms with E-state index in [1.165, 1.54) is 17.1 Å². The van der Waals surface area contributed by atoms with Crippen LogP contribution in [0.2, 0.25) is 0 Å². The third kappa shape index (κ3) is 1.68. The van der Waals surface area contributed by atoms with Gasteiger partial charge in [-0.15, -0.1) is 0 Å². The number of hydrogen-bond donors (Lipinski definition) is 0. The van der Waals surface area contributed by atoms with Gasteiger partial charge in [0.1, 0.15) is 23.4 Å². The van der Waals surface area contributed by atoms with Gasteiger partial charge < -0.3 is 0 Å². The Kier molecular flexibility index (Phi) is 2.20. The maximum absolute atomic E-state index is 8.40. The van der Waals surface area contributed by atoms with Gasteiger partial charge in [-0.05, 0) is 6.08 Å². The SMILES string of the molecule is Cn1ncc(C=C(C#N)C#N)n1. The van der Waals surface area contributed by atoms with Crippen LogP contribution in [0.1, 0.15) is 5.69 Å². The maximum Gasteiger partial charge on any atom is 0.131 e. The number of nitriles is 2. The first-order valence-corrected chi connectivity index (χ1v) is 3.14. The Bertz CT molecular complexity index is 371. The van der Waals surface area contributed by atoms with E-state index in [4.69, 9.17) is 10.5 Å². The lowest BCUT2D eigenvalue weighted by Gasteiger charge is -1.81. The second kappa shape index (κ2) is 3.31. The molecule has 5 heteroatoms. The second-order valence-electron chi connectivity index (χ2n) is 2.04. The summed E-state index contributed by atoms with van der Waals surface area (Å²) in [6, 6.07) is 3.46. The summed E-state index contributed by atoms with van der Waals surface area (Å²) in [5.74, 6) is 0. The largest absolute Gasteiger partial charge is 0.192 e. The average Bonchev–Trinajstić information content (AvgIpc) is 2.47. The minimum Gasteiger partial charge on any atom is -0.192 e. The van der Waals surface area contributed by atoms with Crippen molar-refractivity contribution < 1.29 is 0 Å². The smallest absolute Gasteiger partial charge is 0.131 e. The summed E-state index contributed by atoms with van der Waals surface area (Å²) < 4.78 is 0. The molecule has 0 saturated carbocycles. The number of allylic oxidation sites excluding steroid dienone is 1. The van der Waals surface area contributed by atoms with Gasteiger partial charge in [0.2, 0.25) is 0 Å². The zero-order chi connectivity index (χ0) is 8.97. The van der Waals surface area contributed by atoms with E-state index in [0.717, 1.165) is 0 Å².